The number of anilines is 1. The lowest BCUT2D eigenvalue weighted by Crippen LogP contribution is -2.15. The number of nitrogens with one attached hydrogen (secondary N) is 1. The number of benzene rings is 1. The van der Waals surface area contributed by atoms with Crippen LogP contribution in [0, 0.1) is 40.3 Å². The number of amides is 1. The van der Waals surface area contributed by atoms with Gasteiger partial charge in [0, 0.05) is 24.2 Å². The molecule has 0 saturated heterocycles. The van der Waals surface area contributed by atoms with Crippen molar-refractivity contribution in [3.05, 3.63) is 69.2 Å². The number of nitro groups is 1. The van der Waals surface area contributed by atoms with E-state index in [1.807, 2.05) is 0 Å². The second-order valence-electron chi connectivity index (χ2n) is 6.30. The highest BCUT2D eigenvalue weighted by Crippen LogP contribution is 2.20. The minimum atomic E-state index is -1.79. The van der Waals surface area contributed by atoms with E-state index in [4.69, 9.17) is 0 Å². The molecule has 0 spiro atoms. The highest BCUT2D eigenvalue weighted by molar-refractivity contribution is 5.90. The van der Waals surface area contributed by atoms with Crippen LogP contribution in [0.15, 0.2) is 24.5 Å². The van der Waals surface area contributed by atoms with Crippen LogP contribution in [-0.4, -0.2) is 30.4 Å². The molecule has 0 radical (unpaired) electrons. The molecule has 30 heavy (non-hydrogen) atoms. The molecule has 0 bridgehead atoms. The Morgan fingerprint density at radius 2 is 1.93 bits per heavy atom. The van der Waals surface area contributed by atoms with Crippen molar-refractivity contribution in [3.63, 3.8) is 0 Å². The summed E-state index contributed by atoms with van der Waals surface area (Å²) in [5, 5.41) is 20.8. The molecule has 0 saturated carbocycles. The van der Waals surface area contributed by atoms with Crippen molar-refractivity contribution in [2.24, 2.45) is 0 Å². The van der Waals surface area contributed by atoms with Gasteiger partial charge in [-0.1, -0.05) is 0 Å². The quantitative estimate of drug-likeness (QED) is 0.206. The average Bonchev–Trinajstić information content (AvgIpc) is 3.28. The zero-order valence-electron chi connectivity index (χ0n) is 15.4. The molecule has 158 valence electrons. The molecule has 1 N–H and O–H groups in total. The molecular formula is C17H14F4N6O3. The molecule has 2 heterocycles. The highest BCUT2D eigenvalue weighted by atomic mass is 19.2. The SMILES string of the molecule is Cc1cc([N+](=O)[O-])nn1CCC(=O)Nc1cnn(Cc2c(F)cc(F)c(F)c2F)c1. The number of halogens is 4. The van der Waals surface area contributed by atoms with Crippen molar-refractivity contribution >= 4 is 17.4 Å². The van der Waals surface area contributed by atoms with Gasteiger partial charge in [-0.3, -0.25) is 9.48 Å². The van der Waals surface area contributed by atoms with E-state index in [1.54, 1.807) is 6.92 Å². The molecule has 0 aliphatic heterocycles. The molecule has 1 amide bonds. The molecule has 13 heteroatoms. The predicted molar refractivity (Wildman–Crippen MR) is 94.5 cm³/mol. The summed E-state index contributed by atoms with van der Waals surface area (Å²) in [6, 6.07) is 1.51. The van der Waals surface area contributed by atoms with E-state index in [-0.39, 0.29) is 30.5 Å². The molecular weight excluding hydrogens is 412 g/mol. The fraction of sp³-hybridized carbons (Fsp3) is 0.235. The Bertz CT molecular complexity index is 1130. The van der Waals surface area contributed by atoms with Crippen LogP contribution in [0.2, 0.25) is 0 Å². The highest BCUT2D eigenvalue weighted by Gasteiger charge is 2.20. The van der Waals surface area contributed by atoms with Crippen LogP contribution < -0.4 is 5.32 Å². The molecule has 9 nitrogen and oxygen atoms in total. The van der Waals surface area contributed by atoms with Crippen molar-refractivity contribution in [2.45, 2.75) is 26.4 Å². The summed E-state index contributed by atoms with van der Waals surface area (Å²) in [6.07, 6.45) is 2.40. The third-order valence-corrected chi connectivity index (χ3v) is 4.15. The summed E-state index contributed by atoms with van der Waals surface area (Å²) in [6.45, 7) is 1.17. The monoisotopic (exact) mass is 426 g/mol. The lowest BCUT2D eigenvalue weighted by atomic mass is 10.2. The first kappa shape index (κ1) is 21.0. The molecule has 0 atom stereocenters. The van der Waals surface area contributed by atoms with Crippen LogP contribution in [0.25, 0.3) is 0 Å². The van der Waals surface area contributed by atoms with Crippen LogP contribution in [-0.2, 0) is 17.9 Å². The number of aryl methyl sites for hydroxylation is 2. The number of rotatable bonds is 7. The number of hydrogen-bond donors (Lipinski definition) is 1. The van der Waals surface area contributed by atoms with Crippen molar-refractivity contribution in [3.8, 4) is 0 Å². The minimum Gasteiger partial charge on any atom is -0.358 e. The van der Waals surface area contributed by atoms with Crippen LogP contribution >= 0.6 is 0 Å². The van der Waals surface area contributed by atoms with Crippen LogP contribution in [0.3, 0.4) is 0 Å². The smallest absolute Gasteiger partial charge is 0.358 e. The van der Waals surface area contributed by atoms with Gasteiger partial charge in [-0.15, -0.1) is 0 Å². The average molecular weight is 426 g/mol. The summed E-state index contributed by atoms with van der Waals surface area (Å²) in [4.78, 5) is 22.1. The summed E-state index contributed by atoms with van der Waals surface area (Å²) in [7, 11) is 0. The van der Waals surface area contributed by atoms with Crippen LogP contribution in [0.5, 0.6) is 0 Å². The lowest BCUT2D eigenvalue weighted by molar-refractivity contribution is -0.389. The molecule has 0 unspecified atom stereocenters. The van der Waals surface area contributed by atoms with E-state index in [2.05, 4.69) is 15.5 Å². The van der Waals surface area contributed by atoms with E-state index in [0.29, 0.717) is 5.69 Å². The first-order valence-electron chi connectivity index (χ1n) is 8.48. The Morgan fingerprint density at radius 1 is 1.20 bits per heavy atom. The fourth-order valence-electron chi connectivity index (χ4n) is 2.66. The fourth-order valence-corrected chi connectivity index (χ4v) is 2.66. The Labute approximate surface area is 166 Å². The van der Waals surface area contributed by atoms with Crippen molar-refractivity contribution < 1.29 is 27.3 Å². The molecule has 3 rings (SSSR count). The first-order valence-corrected chi connectivity index (χ1v) is 8.48. The van der Waals surface area contributed by atoms with Gasteiger partial charge in [-0.05, 0) is 11.8 Å². The maximum atomic E-state index is 13.8. The van der Waals surface area contributed by atoms with E-state index >= 15 is 0 Å². The van der Waals surface area contributed by atoms with Gasteiger partial charge >= 0.3 is 5.82 Å². The van der Waals surface area contributed by atoms with E-state index in [0.717, 1.165) is 4.68 Å². The van der Waals surface area contributed by atoms with Crippen molar-refractivity contribution in [1.29, 1.82) is 0 Å². The van der Waals surface area contributed by atoms with Gasteiger partial charge in [0.1, 0.15) is 5.82 Å². The van der Waals surface area contributed by atoms with E-state index in [9.17, 15) is 32.5 Å². The molecule has 0 aliphatic carbocycles. The third kappa shape index (κ3) is 4.45. The topological polar surface area (TPSA) is 108 Å². The normalized spacial score (nSPS) is 11.0. The van der Waals surface area contributed by atoms with Gasteiger partial charge < -0.3 is 15.4 Å². The number of nitrogens with zero attached hydrogens (tertiary/aromatic N) is 5. The zero-order chi connectivity index (χ0) is 22.0. The summed E-state index contributed by atoms with van der Waals surface area (Å²) in [5.74, 6) is -7.14. The van der Waals surface area contributed by atoms with Crippen molar-refractivity contribution in [1.82, 2.24) is 19.6 Å². The Kier molecular flexibility index (Phi) is 5.80. The number of carbonyl (C=O) groups is 1. The first-order chi connectivity index (χ1) is 14.2. The number of aromatic nitrogens is 4. The standard InChI is InChI=1S/C17H14F4N6O3/c1-9-4-14(27(29)30)24-26(9)3-2-15(28)23-10-6-22-25(7-10)8-11-12(18)5-13(19)17(21)16(11)20/h4-7H,2-3,8H2,1H3,(H,23,28). The van der Waals surface area contributed by atoms with Gasteiger partial charge in [-0.25, -0.2) is 17.6 Å². The number of carbonyl (C=O) groups excluding carboxylic acids is 1. The second-order valence-corrected chi connectivity index (χ2v) is 6.30. The van der Waals surface area contributed by atoms with Gasteiger partial charge in [-0.2, -0.15) is 9.78 Å². The Hall–Kier alpha value is -3.77. The maximum absolute atomic E-state index is 13.8. The lowest BCUT2D eigenvalue weighted by Gasteiger charge is -2.07. The second kappa shape index (κ2) is 8.31. The molecule has 1 aromatic carbocycles. The molecule has 0 fully saturated rings. The van der Waals surface area contributed by atoms with Crippen LogP contribution in [0.1, 0.15) is 17.7 Å². The Balaban J connectivity index is 1.61. The largest absolute Gasteiger partial charge is 0.390 e. The zero-order valence-corrected chi connectivity index (χ0v) is 15.4. The van der Waals surface area contributed by atoms with Gasteiger partial charge in [0.15, 0.2) is 17.5 Å². The summed E-state index contributed by atoms with van der Waals surface area (Å²) in [5.41, 5.74) is -0.00454. The van der Waals surface area contributed by atoms with E-state index < -0.39 is 46.2 Å². The van der Waals surface area contributed by atoms with E-state index in [1.165, 1.54) is 23.1 Å². The summed E-state index contributed by atoms with van der Waals surface area (Å²) >= 11 is 0. The van der Waals surface area contributed by atoms with Gasteiger partial charge in [0.05, 0.1) is 41.8 Å². The number of hydrogen-bond acceptors (Lipinski definition) is 5. The Morgan fingerprint density at radius 3 is 2.60 bits per heavy atom. The molecule has 3 aromatic rings. The van der Waals surface area contributed by atoms with Crippen LogP contribution in [0.4, 0.5) is 29.1 Å². The van der Waals surface area contributed by atoms with Gasteiger partial charge in [0.25, 0.3) is 0 Å². The third-order valence-electron chi connectivity index (χ3n) is 4.15. The minimum absolute atomic E-state index is 0.0583. The molecule has 0 aliphatic rings. The summed E-state index contributed by atoms with van der Waals surface area (Å²) < 4.78 is 56.1. The van der Waals surface area contributed by atoms with Crippen molar-refractivity contribution in [2.75, 3.05) is 5.32 Å². The maximum Gasteiger partial charge on any atom is 0.390 e. The molecule has 2 aromatic heterocycles. The van der Waals surface area contributed by atoms with Gasteiger partial charge in [0.2, 0.25) is 5.91 Å². The predicted octanol–water partition coefficient (Wildman–Crippen LogP) is 2.93.